The number of aromatic amines is 1. The molecule has 4 heteroatoms. The molecule has 1 aromatic heterocycles. The van der Waals surface area contributed by atoms with Gasteiger partial charge < -0.3 is 9.72 Å². The highest BCUT2D eigenvalue weighted by Crippen LogP contribution is 2.45. The van der Waals surface area contributed by atoms with Crippen LogP contribution >= 0.6 is 0 Å². The van der Waals surface area contributed by atoms with E-state index in [0.717, 1.165) is 17.5 Å². The molecule has 1 aliphatic heterocycles. The maximum atomic E-state index is 13.0. The molecule has 0 saturated heterocycles. The minimum Gasteiger partial charge on any atom is -0.465 e. The lowest BCUT2D eigenvalue weighted by Gasteiger charge is -2.43. The van der Waals surface area contributed by atoms with E-state index < -0.39 is 6.04 Å². The van der Waals surface area contributed by atoms with Gasteiger partial charge in [-0.2, -0.15) is 0 Å². The van der Waals surface area contributed by atoms with Crippen LogP contribution in [0, 0.1) is 0 Å². The molecule has 3 aromatic rings. The van der Waals surface area contributed by atoms with Crippen molar-refractivity contribution in [1.29, 1.82) is 0 Å². The molecular weight excluding hydrogens is 336 g/mol. The van der Waals surface area contributed by atoms with Gasteiger partial charge in [0.2, 0.25) is 0 Å². The van der Waals surface area contributed by atoms with Crippen molar-refractivity contribution in [2.75, 3.05) is 6.61 Å². The van der Waals surface area contributed by atoms with E-state index in [1.807, 2.05) is 31.2 Å². The molecule has 0 radical (unpaired) electrons. The third kappa shape index (κ3) is 2.85. The van der Waals surface area contributed by atoms with Gasteiger partial charge in [0.1, 0.15) is 6.04 Å². The lowest BCUT2D eigenvalue weighted by Crippen LogP contribution is -2.56. The van der Waals surface area contributed by atoms with Crippen molar-refractivity contribution in [2.45, 2.75) is 44.7 Å². The van der Waals surface area contributed by atoms with Crippen LogP contribution in [0.5, 0.6) is 0 Å². The first kappa shape index (κ1) is 17.8. The fourth-order valence-electron chi connectivity index (χ4n) is 4.31. The van der Waals surface area contributed by atoms with Crippen LogP contribution in [0.2, 0.25) is 0 Å². The SMILES string of the molecule is CCOC(=O)[C@@H]1N[C@@](C)(CC)c2[nH]c3ccccc3c2[C@H]1c1ccccc1. The zero-order valence-electron chi connectivity index (χ0n) is 16.1. The van der Waals surface area contributed by atoms with E-state index in [9.17, 15) is 4.79 Å². The molecule has 0 spiro atoms. The van der Waals surface area contributed by atoms with Crippen molar-refractivity contribution in [1.82, 2.24) is 10.3 Å². The highest BCUT2D eigenvalue weighted by Gasteiger charge is 2.46. The molecule has 0 fully saturated rings. The molecule has 0 saturated carbocycles. The summed E-state index contributed by atoms with van der Waals surface area (Å²) in [6, 6.07) is 18.2. The van der Waals surface area contributed by atoms with E-state index in [4.69, 9.17) is 4.74 Å². The first-order chi connectivity index (χ1) is 13.1. The molecule has 4 nitrogen and oxygen atoms in total. The molecule has 1 aliphatic rings. The maximum Gasteiger partial charge on any atom is 0.324 e. The minimum absolute atomic E-state index is 0.101. The van der Waals surface area contributed by atoms with Crippen molar-refractivity contribution in [3.63, 3.8) is 0 Å². The number of esters is 1. The van der Waals surface area contributed by atoms with Crippen LogP contribution in [0.1, 0.15) is 49.9 Å². The molecule has 3 atom stereocenters. The van der Waals surface area contributed by atoms with Crippen LogP contribution in [-0.4, -0.2) is 23.6 Å². The van der Waals surface area contributed by atoms with Crippen molar-refractivity contribution in [3.05, 3.63) is 71.4 Å². The maximum absolute atomic E-state index is 13.0. The summed E-state index contributed by atoms with van der Waals surface area (Å²) < 4.78 is 5.46. The Labute approximate surface area is 159 Å². The van der Waals surface area contributed by atoms with Gasteiger partial charge in [-0.05, 0) is 37.5 Å². The average Bonchev–Trinajstić information content (AvgIpc) is 3.09. The molecule has 27 heavy (non-hydrogen) atoms. The normalized spacial score (nSPS) is 24.6. The number of rotatable bonds is 4. The smallest absolute Gasteiger partial charge is 0.324 e. The predicted octanol–water partition coefficient (Wildman–Crippen LogP) is 4.46. The molecule has 2 aromatic carbocycles. The lowest BCUT2D eigenvalue weighted by molar-refractivity contribution is -0.147. The molecule has 140 valence electrons. The monoisotopic (exact) mass is 362 g/mol. The van der Waals surface area contributed by atoms with Crippen LogP contribution < -0.4 is 5.32 Å². The number of carbonyl (C=O) groups excluding carboxylic acids is 1. The third-order valence-corrected chi connectivity index (χ3v) is 5.82. The van der Waals surface area contributed by atoms with E-state index >= 15 is 0 Å². The fourth-order valence-corrected chi connectivity index (χ4v) is 4.31. The fraction of sp³-hybridized carbons (Fsp3) is 0.348. The van der Waals surface area contributed by atoms with Gasteiger partial charge in [0.25, 0.3) is 0 Å². The Morgan fingerprint density at radius 2 is 1.78 bits per heavy atom. The highest BCUT2D eigenvalue weighted by atomic mass is 16.5. The van der Waals surface area contributed by atoms with Gasteiger partial charge in [0.15, 0.2) is 0 Å². The molecule has 2 heterocycles. The highest BCUT2D eigenvalue weighted by molar-refractivity contribution is 5.89. The van der Waals surface area contributed by atoms with Crippen LogP contribution in [-0.2, 0) is 15.1 Å². The number of hydrogen-bond acceptors (Lipinski definition) is 3. The predicted molar refractivity (Wildman–Crippen MR) is 108 cm³/mol. The van der Waals surface area contributed by atoms with E-state index in [-0.39, 0.29) is 17.4 Å². The number of hydrogen-bond donors (Lipinski definition) is 2. The number of H-pyrrole nitrogens is 1. The Balaban J connectivity index is 2.00. The number of carbonyl (C=O) groups is 1. The van der Waals surface area contributed by atoms with Gasteiger partial charge in [-0.1, -0.05) is 55.5 Å². The molecule has 4 rings (SSSR count). The summed E-state index contributed by atoms with van der Waals surface area (Å²) >= 11 is 0. The second-order valence-corrected chi connectivity index (χ2v) is 7.41. The summed E-state index contributed by atoms with van der Waals surface area (Å²) in [6.45, 7) is 6.54. The van der Waals surface area contributed by atoms with Crippen LogP contribution in [0.4, 0.5) is 0 Å². The second-order valence-electron chi connectivity index (χ2n) is 7.41. The summed E-state index contributed by atoms with van der Waals surface area (Å²) in [6.07, 6.45) is 0.865. The number of fused-ring (bicyclic) bond motifs is 3. The Kier molecular flexibility index (Phi) is 4.52. The number of aromatic nitrogens is 1. The Hall–Kier alpha value is -2.59. The van der Waals surface area contributed by atoms with Crippen molar-refractivity contribution < 1.29 is 9.53 Å². The quantitative estimate of drug-likeness (QED) is 0.674. The molecule has 0 unspecified atom stereocenters. The molecule has 0 bridgehead atoms. The molecule has 2 N–H and O–H groups in total. The van der Waals surface area contributed by atoms with Gasteiger partial charge in [0, 0.05) is 22.5 Å². The van der Waals surface area contributed by atoms with E-state index in [1.165, 1.54) is 16.6 Å². The molecule has 0 aliphatic carbocycles. The van der Waals surface area contributed by atoms with Gasteiger partial charge in [-0.3, -0.25) is 10.1 Å². The lowest BCUT2D eigenvalue weighted by atomic mass is 9.74. The van der Waals surface area contributed by atoms with Gasteiger partial charge in [0.05, 0.1) is 12.1 Å². The third-order valence-electron chi connectivity index (χ3n) is 5.82. The minimum atomic E-state index is -0.427. The molecule has 0 amide bonds. The first-order valence-electron chi connectivity index (χ1n) is 9.69. The number of ether oxygens (including phenoxy) is 1. The van der Waals surface area contributed by atoms with Crippen molar-refractivity contribution >= 4 is 16.9 Å². The van der Waals surface area contributed by atoms with E-state index in [1.54, 1.807) is 0 Å². The van der Waals surface area contributed by atoms with Crippen LogP contribution in [0.25, 0.3) is 10.9 Å². The van der Waals surface area contributed by atoms with Crippen molar-refractivity contribution in [2.24, 2.45) is 0 Å². The van der Waals surface area contributed by atoms with Crippen LogP contribution in [0.3, 0.4) is 0 Å². The summed E-state index contributed by atoms with van der Waals surface area (Å²) in [7, 11) is 0. The number of para-hydroxylation sites is 1. The average molecular weight is 362 g/mol. The summed E-state index contributed by atoms with van der Waals surface area (Å²) in [5.41, 5.74) is 4.28. The van der Waals surface area contributed by atoms with E-state index in [0.29, 0.717) is 6.61 Å². The zero-order valence-corrected chi connectivity index (χ0v) is 16.1. The van der Waals surface area contributed by atoms with Crippen molar-refractivity contribution in [3.8, 4) is 0 Å². The summed E-state index contributed by atoms with van der Waals surface area (Å²) in [5, 5.41) is 4.80. The topological polar surface area (TPSA) is 54.1 Å². The van der Waals surface area contributed by atoms with Crippen LogP contribution in [0.15, 0.2) is 54.6 Å². The largest absolute Gasteiger partial charge is 0.465 e. The Morgan fingerprint density at radius 3 is 2.48 bits per heavy atom. The number of benzene rings is 2. The first-order valence-corrected chi connectivity index (χ1v) is 9.69. The second kappa shape index (κ2) is 6.86. The van der Waals surface area contributed by atoms with Gasteiger partial charge in [-0.15, -0.1) is 0 Å². The standard InChI is InChI=1S/C23H26N2O2/c1-4-23(3)21-19(16-13-9-10-14-17(16)24-21)18(15-11-7-6-8-12-15)20(25-23)22(26)27-5-2/h6-14,18,20,24-25H,4-5H2,1-3H3/t18-,20-,23+/m1/s1. The molecular formula is C23H26N2O2. The number of nitrogens with one attached hydrogen (secondary N) is 2. The zero-order chi connectivity index (χ0) is 19.0. The Bertz CT molecular complexity index is 963. The van der Waals surface area contributed by atoms with Gasteiger partial charge in [-0.25, -0.2) is 0 Å². The Morgan fingerprint density at radius 1 is 1.07 bits per heavy atom. The summed E-state index contributed by atoms with van der Waals surface area (Å²) in [5.74, 6) is -0.294. The summed E-state index contributed by atoms with van der Waals surface area (Å²) in [4.78, 5) is 16.6. The van der Waals surface area contributed by atoms with Gasteiger partial charge >= 0.3 is 5.97 Å². The van der Waals surface area contributed by atoms with E-state index in [2.05, 4.69) is 54.5 Å².